The van der Waals surface area contributed by atoms with Crippen molar-refractivity contribution in [2.75, 3.05) is 14.2 Å². The Hall–Kier alpha value is -2.42. The summed E-state index contributed by atoms with van der Waals surface area (Å²) in [6.07, 6.45) is 0. The van der Waals surface area contributed by atoms with E-state index in [-0.39, 0.29) is 11.6 Å². The van der Waals surface area contributed by atoms with Crippen LogP contribution in [-0.2, 0) is 16.6 Å². The SMILES string of the molecule is CO/N=C(/OC)c1cc(-c2nn(C)c(OC(F)F)c2F)c(C)cc1Cl. The molecule has 1 heterocycles. The minimum atomic E-state index is -3.17. The van der Waals surface area contributed by atoms with Gasteiger partial charge in [0.1, 0.15) is 12.8 Å². The summed E-state index contributed by atoms with van der Waals surface area (Å²) < 4.78 is 49.6. The normalized spacial score (nSPS) is 11.8. The molecule has 0 N–H and O–H groups in total. The maximum atomic E-state index is 14.5. The van der Waals surface area contributed by atoms with Gasteiger partial charge in [0.2, 0.25) is 5.82 Å². The van der Waals surface area contributed by atoms with E-state index < -0.39 is 18.3 Å². The molecule has 0 aliphatic heterocycles. The second-order valence-electron chi connectivity index (χ2n) is 4.90. The molecular formula is C15H15ClF3N3O3. The summed E-state index contributed by atoms with van der Waals surface area (Å²) in [7, 11) is 3.99. The van der Waals surface area contributed by atoms with Gasteiger partial charge in [0.25, 0.3) is 11.8 Å². The van der Waals surface area contributed by atoms with Crippen LogP contribution in [0.5, 0.6) is 5.88 Å². The van der Waals surface area contributed by atoms with Crippen LogP contribution in [0.4, 0.5) is 13.2 Å². The maximum Gasteiger partial charge on any atom is 0.388 e. The first-order chi connectivity index (χ1) is 11.8. The van der Waals surface area contributed by atoms with E-state index in [1.165, 1.54) is 27.3 Å². The zero-order valence-electron chi connectivity index (χ0n) is 13.8. The van der Waals surface area contributed by atoms with Gasteiger partial charge in [-0.2, -0.15) is 18.3 Å². The quantitative estimate of drug-likeness (QED) is 0.452. The molecule has 0 aliphatic rings. The molecule has 0 amide bonds. The first kappa shape index (κ1) is 18.9. The second kappa shape index (κ2) is 7.64. The minimum absolute atomic E-state index is 0.0640. The van der Waals surface area contributed by atoms with Crippen LogP contribution in [0.1, 0.15) is 11.1 Å². The van der Waals surface area contributed by atoms with E-state index in [2.05, 4.69) is 19.8 Å². The minimum Gasteiger partial charge on any atom is -0.478 e. The van der Waals surface area contributed by atoms with Crippen molar-refractivity contribution in [3.63, 3.8) is 0 Å². The summed E-state index contributed by atoms with van der Waals surface area (Å²) in [5, 5.41) is 7.91. The first-order valence-electron chi connectivity index (χ1n) is 6.93. The maximum absolute atomic E-state index is 14.5. The van der Waals surface area contributed by atoms with E-state index in [9.17, 15) is 13.2 Å². The summed E-state index contributed by atoms with van der Waals surface area (Å²) in [5.74, 6) is -1.62. The Labute approximate surface area is 146 Å². The number of alkyl halides is 2. The van der Waals surface area contributed by atoms with E-state index in [0.29, 0.717) is 21.7 Å². The average Bonchev–Trinajstić information content (AvgIpc) is 2.81. The van der Waals surface area contributed by atoms with Crippen molar-refractivity contribution in [3.8, 4) is 17.1 Å². The van der Waals surface area contributed by atoms with Crippen molar-refractivity contribution in [1.29, 1.82) is 0 Å². The third-order valence-corrected chi connectivity index (χ3v) is 3.62. The molecule has 0 bridgehead atoms. The second-order valence-corrected chi connectivity index (χ2v) is 5.31. The van der Waals surface area contributed by atoms with Crippen molar-refractivity contribution >= 4 is 17.5 Å². The summed E-state index contributed by atoms with van der Waals surface area (Å²) >= 11 is 6.18. The van der Waals surface area contributed by atoms with Gasteiger partial charge in [-0.05, 0) is 29.8 Å². The van der Waals surface area contributed by atoms with E-state index in [4.69, 9.17) is 16.3 Å². The fraction of sp³-hybridized carbons (Fsp3) is 0.333. The van der Waals surface area contributed by atoms with Crippen LogP contribution < -0.4 is 4.74 Å². The van der Waals surface area contributed by atoms with E-state index in [1.54, 1.807) is 13.0 Å². The van der Waals surface area contributed by atoms with Gasteiger partial charge >= 0.3 is 6.61 Å². The topological polar surface area (TPSA) is 57.9 Å². The molecule has 6 nitrogen and oxygen atoms in total. The van der Waals surface area contributed by atoms with E-state index in [0.717, 1.165) is 4.68 Å². The molecule has 2 rings (SSSR count). The highest BCUT2D eigenvalue weighted by Gasteiger charge is 2.24. The number of methoxy groups -OCH3 is 1. The highest BCUT2D eigenvalue weighted by Crippen LogP contribution is 2.34. The smallest absolute Gasteiger partial charge is 0.388 e. The van der Waals surface area contributed by atoms with E-state index >= 15 is 0 Å². The first-order valence-corrected chi connectivity index (χ1v) is 7.31. The van der Waals surface area contributed by atoms with Crippen LogP contribution >= 0.6 is 11.6 Å². The Morgan fingerprint density at radius 2 is 2.00 bits per heavy atom. The molecule has 0 unspecified atom stereocenters. The molecule has 2 aromatic rings. The van der Waals surface area contributed by atoms with Crippen LogP contribution in [0.15, 0.2) is 17.3 Å². The molecule has 25 heavy (non-hydrogen) atoms. The molecule has 0 spiro atoms. The Morgan fingerprint density at radius 1 is 1.32 bits per heavy atom. The lowest BCUT2D eigenvalue weighted by Crippen LogP contribution is -2.07. The van der Waals surface area contributed by atoms with Crippen LogP contribution in [0, 0.1) is 12.7 Å². The van der Waals surface area contributed by atoms with Crippen LogP contribution in [0.25, 0.3) is 11.3 Å². The number of benzene rings is 1. The van der Waals surface area contributed by atoms with Gasteiger partial charge in [-0.3, -0.25) is 0 Å². The number of hydrogen-bond donors (Lipinski definition) is 0. The molecule has 10 heteroatoms. The zero-order valence-corrected chi connectivity index (χ0v) is 14.6. The highest BCUT2D eigenvalue weighted by atomic mass is 35.5. The molecule has 0 saturated carbocycles. The molecule has 1 aromatic carbocycles. The van der Waals surface area contributed by atoms with Crippen molar-refractivity contribution in [3.05, 3.63) is 34.1 Å². The summed E-state index contributed by atoms with van der Waals surface area (Å²) in [5.41, 5.74) is 1.05. The molecule has 0 fully saturated rings. The van der Waals surface area contributed by atoms with Crippen molar-refractivity contribution in [2.24, 2.45) is 12.2 Å². The monoisotopic (exact) mass is 377 g/mol. The summed E-state index contributed by atoms with van der Waals surface area (Å²) in [6, 6.07) is 3.04. The van der Waals surface area contributed by atoms with Gasteiger partial charge in [0.15, 0.2) is 0 Å². The Morgan fingerprint density at radius 3 is 2.56 bits per heavy atom. The fourth-order valence-electron chi connectivity index (χ4n) is 2.24. The fourth-order valence-corrected chi connectivity index (χ4v) is 2.54. The van der Waals surface area contributed by atoms with Crippen molar-refractivity contribution < 1.29 is 27.5 Å². The molecule has 1 aromatic heterocycles. The predicted molar refractivity (Wildman–Crippen MR) is 85.5 cm³/mol. The van der Waals surface area contributed by atoms with Gasteiger partial charge < -0.3 is 14.3 Å². The molecule has 0 atom stereocenters. The van der Waals surface area contributed by atoms with Crippen LogP contribution in [0.3, 0.4) is 0 Å². The Balaban J connectivity index is 2.62. The average molecular weight is 378 g/mol. The number of halogens is 4. The van der Waals surface area contributed by atoms with Gasteiger partial charge in [-0.25, -0.2) is 4.68 Å². The molecular weight excluding hydrogens is 363 g/mol. The molecule has 0 radical (unpaired) electrons. The number of ether oxygens (including phenoxy) is 2. The van der Waals surface area contributed by atoms with Crippen molar-refractivity contribution in [2.45, 2.75) is 13.5 Å². The highest BCUT2D eigenvalue weighted by molar-refractivity contribution is 6.34. The lowest BCUT2D eigenvalue weighted by atomic mass is 10.0. The number of aromatic nitrogens is 2. The van der Waals surface area contributed by atoms with Gasteiger partial charge in [-0.15, -0.1) is 0 Å². The number of rotatable bonds is 5. The zero-order chi connectivity index (χ0) is 18.7. The summed E-state index contributed by atoms with van der Waals surface area (Å²) in [4.78, 5) is 4.68. The lowest BCUT2D eigenvalue weighted by molar-refractivity contribution is -0.0576. The standard InChI is InChI=1S/C15H15ClF3N3O3/c1-7-5-10(16)9(13(23-3)21-24-4)6-8(7)12-11(17)14(22(2)20-12)25-15(18)19/h5-6,15H,1-4H3/b21-13+. The Bertz CT molecular complexity index is 809. The van der Waals surface area contributed by atoms with Crippen molar-refractivity contribution in [1.82, 2.24) is 9.78 Å². The van der Waals surface area contributed by atoms with E-state index in [1.807, 2.05) is 0 Å². The molecule has 0 saturated heterocycles. The number of aryl methyl sites for hydroxylation is 2. The van der Waals surface area contributed by atoms with Crippen LogP contribution in [0.2, 0.25) is 5.02 Å². The summed E-state index contributed by atoms with van der Waals surface area (Å²) in [6.45, 7) is -1.50. The third-order valence-electron chi connectivity index (χ3n) is 3.31. The molecule has 136 valence electrons. The van der Waals surface area contributed by atoms with Gasteiger partial charge in [0.05, 0.1) is 17.7 Å². The number of nitrogens with zero attached hydrogens (tertiary/aromatic N) is 3. The third kappa shape index (κ3) is 3.81. The van der Waals surface area contributed by atoms with Gasteiger partial charge in [0, 0.05) is 12.6 Å². The molecule has 0 aliphatic carbocycles. The number of hydrogen-bond acceptors (Lipinski definition) is 5. The lowest BCUT2D eigenvalue weighted by Gasteiger charge is -2.10. The van der Waals surface area contributed by atoms with Gasteiger partial charge in [-0.1, -0.05) is 11.6 Å². The number of oxime groups is 1. The Kier molecular flexibility index (Phi) is 5.78. The van der Waals surface area contributed by atoms with Crippen LogP contribution in [-0.4, -0.2) is 36.5 Å². The predicted octanol–water partition coefficient (Wildman–Crippen LogP) is 3.74. The largest absolute Gasteiger partial charge is 0.478 e.